The van der Waals surface area contributed by atoms with Crippen molar-refractivity contribution in [3.8, 4) is 0 Å². The van der Waals surface area contributed by atoms with Crippen LogP contribution in [0.4, 0.5) is 0 Å². The molecule has 0 aliphatic carbocycles. The summed E-state index contributed by atoms with van der Waals surface area (Å²) in [7, 11) is 2.21. The van der Waals surface area contributed by atoms with Gasteiger partial charge in [-0.1, -0.05) is 18.5 Å². The Hall–Kier alpha value is 0.250. The Labute approximate surface area is 69.6 Å². The van der Waals surface area contributed by atoms with Crippen molar-refractivity contribution in [1.82, 2.24) is 0 Å². The van der Waals surface area contributed by atoms with Crippen LogP contribution in [0.3, 0.4) is 0 Å². The predicted octanol–water partition coefficient (Wildman–Crippen LogP) is 2.45. The van der Waals surface area contributed by atoms with Gasteiger partial charge >= 0.3 is 0 Å². The molecule has 0 heterocycles. The van der Waals surface area contributed by atoms with E-state index in [2.05, 4.69) is 27.8 Å². The number of quaternary nitrogens is 1. The van der Waals surface area contributed by atoms with Crippen LogP contribution >= 0.6 is 11.6 Å². The molecule has 0 saturated carbocycles. The van der Waals surface area contributed by atoms with Crippen molar-refractivity contribution >= 4 is 11.6 Å². The van der Waals surface area contributed by atoms with Crippen LogP contribution in [0.1, 0.15) is 27.2 Å². The molecule has 1 atom stereocenters. The highest BCUT2D eigenvalue weighted by Crippen LogP contribution is 2.16. The van der Waals surface area contributed by atoms with E-state index < -0.39 is 0 Å². The minimum Gasteiger partial charge on any atom is -0.311 e. The lowest BCUT2D eigenvalue weighted by Crippen LogP contribution is -2.48. The smallest absolute Gasteiger partial charge is 0.164 e. The first-order valence-corrected chi connectivity index (χ1v) is 4.52. The van der Waals surface area contributed by atoms with E-state index in [1.54, 1.807) is 0 Å². The van der Waals surface area contributed by atoms with Gasteiger partial charge in [-0.2, -0.15) is 0 Å². The molecule has 1 nitrogen and oxygen atoms in total. The molecular formula is C8H19ClN+. The molecular weight excluding hydrogens is 146 g/mol. The van der Waals surface area contributed by atoms with Crippen molar-refractivity contribution in [3.63, 3.8) is 0 Å². The number of hydrogen-bond acceptors (Lipinski definition) is 0. The SMILES string of the molecule is CCC(Cl)[N+](C)(CC)CC. The van der Waals surface area contributed by atoms with Gasteiger partial charge in [0.25, 0.3) is 0 Å². The molecule has 1 unspecified atom stereocenters. The first-order valence-electron chi connectivity index (χ1n) is 4.09. The van der Waals surface area contributed by atoms with E-state index in [1.165, 1.54) is 0 Å². The second-order valence-electron chi connectivity index (χ2n) is 2.95. The third-order valence-corrected chi connectivity index (χ3v) is 3.24. The maximum atomic E-state index is 6.14. The monoisotopic (exact) mass is 164 g/mol. The van der Waals surface area contributed by atoms with Gasteiger partial charge in [-0.05, 0) is 13.8 Å². The van der Waals surface area contributed by atoms with Crippen LogP contribution < -0.4 is 0 Å². The lowest BCUT2D eigenvalue weighted by atomic mass is 10.3. The highest BCUT2D eigenvalue weighted by Gasteiger charge is 2.24. The summed E-state index contributed by atoms with van der Waals surface area (Å²) in [5.74, 6) is 0. The molecule has 0 aliphatic rings. The fourth-order valence-electron chi connectivity index (χ4n) is 1.06. The number of rotatable bonds is 4. The van der Waals surface area contributed by atoms with Gasteiger partial charge in [0.2, 0.25) is 0 Å². The summed E-state index contributed by atoms with van der Waals surface area (Å²) < 4.78 is 0.984. The van der Waals surface area contributed by atoms with E-state index in [0.717, 1.165) is 24.0 Å². The second kappa shape index (κ2) is 4.20. The number of hydrogen-bond donors (Lipinski definition) is 0. The normalized spacial score (nSPS) is 15.3. The molecule has 0 rings (SSSR count). The van der Waals surface area contributed by atoms with Crippen molar-refractivity contribution in [2.24, 2.45) is 0 Å². The Morgan fingerprint density at radius 3 is 1.70 bits per heavy atom. The Kier molecular flexibility index (Phi) is 4.30. The van der Waals surface area contributed by atoms with Gasteiger partial charge < -0.3 is 4.48 Å². The summed E-state index contributed by atoms with van der Waals surface area (Å²) in [6.45, 7) is 8.76. The summed E-state index contributed by atoms with van der Waals surface area (Å²) in [5, 5.41) is 0. The average Bonchev–Trinajstić information content (AvgIpc) is 2.01. The second-order valence-corrected chi connectivity index (χ2v) is 3.46. The van der Waals surface area contributed by atoms with E-state index in [1.807, 2.05) is 0 Å². The molecule has 62 valence electrons. The van der Waals surface area contributed by atoms with Crippen LogP contribution in [0.15, 0.2) is 0 Å². The van der Waals surface area contributed by atoms with E-state index in [-0.39, 0.29) is 5.50 Å². The molecule has 0 bridgehead atoms. The predicted molar refractivity (Wildman–Crippen MR) is 47.2 cm³/mol. The van der Waals surface area contributed by atoms with Crippen LogP contribution in [0.2, 0.25) is 0 Å². The van der Waals surface area contributed by atoms with Gasteiger partial charge in [-0.15, -0.1) is 0 Å². The fourth-order valence-corrected chi connectivity index (χ4v) is 1.34. The standard InChI is InChI=1S/C8H19ClN/c1-5-8(9)10(4,6-2)7-3/h8H,5-7H2,1-4H3/q+1. The molecule has 2 heteroatoms. The quantitative estimate of drug-likeness (QED) is 0.340. The minimum atomic E-state index is 0.287. The Bertz CT molecular complexity index is 89.3. The first-order chi connectivity index (χ1) is 4.60. The van der Waals surface area contributed by atoms with Gasteiger partial charge in [0, 0.05) is 6.42 Å². The van der Waals surface area contributed by atoms with Gasteiger partial charge in [-0.25, -0.2) is 0 Å². The fraction of sp³-hybridized carbons (Fsp3) is 1.00. The molecule has 0 N–H and O–H groups in total. The van der Waals surface area contributed by atoms with Gasteiger partial charge in [-0.3, -0.25) is 0 Å². The molecule has 0 spiro atoms. The zero-order valence-corrected chi connectivity index (χ0v) is 8.28. The van der Waals surface area contributed by atoms with Crippen molar-refractivity contribution in [1.29, 1.82) is 0 Å². The Balaban J connectivity index is 4.02. The maximum absolute atomic E-state index is 6.14. The summed E-state index contributed by atoms with van der Waals surface area (Å²) >= 11 is 6.14. The van der Waals surface area contributed by atoms with Crippen molar-refractivity contribution in [3.05, 3.63) is 0 Å². The average molecular weight is 165 g/mol. The summed E-state index contributed by atoms with van der Waals surface area (Å²) in [4.78, 5) is 0. The van der Waals surface area contributed by atoms with E-state index in [9.17, 15) is 0 Å². The molecule has 0 aromatic rings. The van der Waals surface area contributed by atoms with Crippen molar-refractivity contribution in [2.75, 3.05) is 20.1 Å². The molecule has 0 aromatic heterocycles. The highest BCUT2D eigenvalue weighted by atomic mass is 35.5. The van der Waals surface area contributed by atoms with Crippen molar-refractivity contribution in [2.45, 2.75) is 32.7 Å². The molecule has 0 amide bonds. The Morgan fingerprint density at radius 2 is 1.60 bits per heavy atom. The minimum absolute atomic E-state index is 0.287. The third-order valence-electron chi connectivity index (χ3n) is 2.46. The lowest BCUT2D eigenvalue weighted by molar-refractivity contribution is -0.917. The molecule has 10 heavy (non-hydrogen) atoms. The van der Waals surface area contributed by atoms with Crippen LogP contribution in [0.5, 0.6) is 0 Å². The zero-order valence-electron chi connectivity index (χ0n) is 7.52. The van der Waals surface area contributed by atoms with E-state index in [0.29, 0.717) is 0 Å². The third kappa shape index (κ3) is 2.14. The van der Waals surface area contributed by atoms with Crippen LogP contribution in [-0.2, 0) is 0 Å². The lowest BCUT2D eigenvalue weighted by Gasteiger charge is -2.36. The van der Waals surface area contributed by atoms with Crippen LogP contribution in [0.25, 0.3) is 0 Å². The summed E-state index contributed by atoms with van der Waals surface area (Å²) in [6.07, 6.45) is 1.06. The number of nitrogens with zero attached hydrogens (tertiary/aromatic N) is 1. The Morgan fingerprint density at radius 1 is 1.20 bits per heavy atom. The van der Waals surface area contributed by atoms with Gasteiger partial charge in [0.05, 0.1) is 20.1 Å². The molecule has 0 aromatic carbocycles. The molecule has 0 aliphatic heterocycles. The summed E-state index contributed by atoms with van der Waals surface area (Å²) in [5.41, 5.74) is 0.287. The van der Waals surface area contributed by atoms with E-state index in [4.69, 9.17) is 11.6 Å². The van der Waals surface area contributed by atoms with Gasteiger partial charge in [0.15, 0.2) is 5.50 Å². The zero-order chi connectivity index (χ0) is 8.20. The largest absolute Gasteiger partial charge is 0.311 e. The molecule has 0 fully saturated rings. The molecule has 0 radical (unpaired) electrons. The maximum Gasteiger partial charge on any atom is 0.164 e. The highest BCUT2D eigenvalue weighted by molar-refractivity contribution is 6.19. The number of halogens is 1. The number of alkyl halides is 1. The van der Waals surface area contributed by atoms with Crippen molar-refractivity contribution < 1.29 is 4.48 Å². The molecule has 0 saturated heterocycles. The van der Waals surface area contributed by atoms with Crippen LogP contribution in [-0.4, -0.2) is 30.1 Å². The first kappa shape index (κ1) is 10.2. The summed E-state index contributed by atoms with van der Waals surface area (Å²) in [6, 6.07) is 0. The van der Waals surface area contributed by atoms with E-state index >= 15 is 0 Å². The van der Waals surface area contributed by atoms with Crippen LogP contribution in [0, 0.1) is 0 Å². The topological polar surface area (TPSA) is 0 Å². The van der Waals surface area contributed by atoms with Gasteiger partial charge in [0.1, 0.15) is 0 Å².